The van der Waals surface area contributed by atoms with Crippen molar-refractivity contribution >= 4 is 25.1 Å². The molecule has 50 valence electrons. The van der Waals surface area contributed by atoms with Crippen LogP contribution in [0.2, 0.25) is 0 Å². The van der Waals surface area contributed by atoms with Gasteiger partial charge in [0.2, 0.25) is 0 Å². The summed E-state index contributed by atoms with van der Waals surface area (Å²) in [6, 6.07) is 0. The van der Waals surface area contributed by atoms with Gasteiger partial charge >= 0.3 is 73.9 Å². The zero-order valence-electron chi connectivity index (χ0n) is 3.84. The molecular weight excluding hydrogens is 405 g/mol. The minimum atomic E-state index is -3.58. The molecule has 9 heavy (non-hydrogen) atoms. The van der Waals surface area contributed by atoms with Crippen molar-refractivity contribution in [2.24, 2.45) is 0 Å². The Morgan fingerprint density at radius 2 is 1.22 bits per heavy atom. The van der Waals surface area contributed by atoms with Crippen molar-refractivity contribution in [3.05, 3.63) is 0 Å². The molecule has 2 radical (unpaired) electrons. The molecule has 0 fully saturated rings. The van der Waals surface area contributed by atoms with Crippen molar-refractivity contribution in [2.45, 2.75) is 0 Å². The molecular formula is O6PbV2. The van der Waals surface area contributed by atoms with Crippen LogP contribution in [0.1, 0.15) is 0 Å². The second kappa shape index (κ2) is 5.96. The molecule has 0 aliphatic heterocycles. The van der Waals surface area contributed by atoms with Crippen LogP contribution in [0.4, 0.5) is 0 Å². The second-order valence-corrected chi connectivity index (χ2v) is 9.18. The minimum absolute atomic E-state index is 2.24. The quantitative estimate of drug-likeness (QED) is 0.558. The van der Waals surface area contributed by atoms with Crippen LogP contribution in [-0.4, -0.2) is 25.1 Å². The molecule has 0 spiro atoms. The van der Waals surface area contributed by atoms with Crippen molar-refractivity contribution in [1.82, 2.24) is 0 Å². The molecule has 6 nitrogen and oxygen atoms in total. The summed E-state index contributed by atoms with van der Waals surface area (Å²) in [5.74, 6) is 0. The summed E-state index contributed by atoms with van der Waals surface area (Å²) in [5.41, 5.74) is 0. The molecule has 0 saturated heterocycles. The van der Waals surface area contributed by atoms with E-state index in [0.717, 1.165) is 0 Å². The van der Waals surface area contributed by atoms with E-state index in [2.05, 4.69) is 3.22 Å². The van der Waals surface area contributed by atoms with Gasteiger partial charge < -0.3 is 0 Å². The van der Waals surface area contributed by atoms with E-state index < -0.39 is 55.9 Å². The summed E-state index contributed by atoms with van der Waals surface area (Å²) < 4.78 is 46.6. The Bertz CT molecular complexity index is 161. The van der Waals surface area contributed by atoms with E-state index in [0.29, 0.717) is 0 Å². The van der Waals surface area contributed by atoms with Crippen molar-refractivity contribution < 1.29 is 48.7 Å². The van der Waals surface area contributed by atoms with Crippen molar-refractivity contribution in [3.63, 3.8) is 0 Å². The van der Waals surface area contributed by atoms with E-state index in [1.807, 2.05) is 0 Å². The average Bonchev–Trinajstić information content (AvgIpc) is 1.63. The summed E-state index contributed by atoms with van der Waals surface area (Å²) in [6.07, 6.45) is 0. The Labute approximate surface area is 73.1 Å². The fourth-order valence-corrected chi connectivity index (χ4v) is 4.69. The molecule has 0 rings (SSSR count). The maximum atomic E-state index is 9.66. The van der Waals surface area contributed by atoms with E-state index in [4.69, 9.17) is 0 Å². The Morgan fingerprint density at radius 3 is 1.44 bits per heavy atom. The van der Waals surface area contributed by atoms with Gasteiger partial charge in [0, 0.05) is 0 Å². The maximum absolute atomic E-state index is 9.66. The van der Waals surface area contributed by atoms with Gasteiger partial charge in [0.05, 0.1) is 0 Å². The molecule has 9 heteroatoms. The first kappa shape index (κ1) is 10.2. The van der Waals surface area contributed by atoms with Crippen LogP contribution in [-0.2, 0) is 48.7 Å². The van der Waals surface area contributed by atoms with Crippen LogP contribution in [0.5, 0.6) is 0 Å². The zero-order valence-corrected chi connectivity index (χ0v) is 10.5. The van der Waals surface area contributed by atoms with Crippen LogP contribution in [0.15, 0.2) is 0 Å². The normalized spacial score (nSPS) is 8.89. The molecule has 0 aliphatic rings. The van der Waals surface area contributed by atoms with Gasteiger partial charge in [0.25, 0.3) is 0 Å². The van der Waals surface area contributed by atoms with Gasteiger partial charge in [-0.2, -0.15) is 0 Å². The van der Waals surface area contributed by atoms with E-state index in [-0.39, 0.29) is 0 Å². The van der Waals surface area contributed by atoms with E-state index in [1.165, 1.54) is 0 Å². The zero-order chi connectivity index (χ0) is 7.28. The van der Waals surface area contributed by atoms with Crippen LogP contribution in [0.3, 0.4) is 0 Å². The molecule has 0 heterocycles. The number of hydrogen-bond acceptors (Lipinski definition) is 6. The first-order chi connectivity index (χ1) is 4.13. The molecule has 0 N–H and O–H groups in total. The first-order valence-corrected chi connectivity index (χ1v) is 8.10. The fourth-order valence-electron chi connectivity index (χ4n) is 0.0775. The topological polar surface area (TPSA) is 86.7 Å². The summed E-state index contributed by atoms with van der Waals surface area (Å²) in [7, 11) is 0. The Balaban J connectivity index is 3.31. The van der Waals surface area contributed by atoms with Gasteiger partial charge in [-0.3, -0.25) is 0 Å². The molecule has 0 unspecified atom stereocenters. The Kier molecular flexibility index (Phi) is 6.76. The summed E-state index contributed by atoms with van der Waals surface area (Å²) in [5, 5.41) is 0. The molecule has 0 aliphatic carbocycles. The average molecular weight is 405 g/mol. The van der Waals surface area contributed by atoms with Crippen LogP contribution >= 0.6 is 0 Å². The third-order valence-electron chi connectivity index (χ3n) is 0.224. The molecule has 0 aromatic carbocycles. The predicted octanol–water partition coefficient (Wildman–Crippen LogP) is -0.998. The predicted molar refractivity (Wildman–Crippen MR) is 10.7 cm³/mol. The molecule has 0 amide bonds. The third kappa shape index (κ3) is 9.21. The molecule has 0 aromatic heterocycles. The summed E-state index contributed by atoms with van der Waals surface area (Å²) in [4.78, 5) is 0. The SMILES string of the molecule is [O]=[V](=[O])[O][Pb][O][V](=[O])=[O]. The van der Waals surface area contributed by atoms with Crippen LogP contribution < -0.4 is 0 Å². The standard InChI is InChI=1S/6O.Pb.2V. The summed E-state index contributed by atoms with van der Waals surface area (Å²) in [6.45, 7) is 0. The van der Waals surface area contributed by atoms with Gasteiger partial charge in [0.15, 0.2) is 0 Å². The number of hydrogen-bond donors (Lipinski definition) is 0. The van der Waals surface area contributed by atoms with Gasteiger partial charge in [-0.05, 0) is 0 Å². The Hall–Kier alpha value is 1.21. The second-order valence-electron chi connectivity index (χ2n) is 0.713. The van der Waals surface area contributed by atoms with Crippen molar-refractivity contribution in [2.75, 3.05) is 0 Å². The number of rotatable bonds is 4. The van der Waals surface area contributed by atoms with Gasteiger partial charge in [0.1, 0.15) is 0 Å². The van der Waals surface area contributed by atoms with Crippen molar-refractivity contribution in [3.8, 4) is 0 Å². The molecule has 0 aromatic rings. The fraction of sp³-hybridized carbons (Fsp3) is 0. The molecule has 0 saturated carbocycles. The molecule has 0 atom stereocenters. The van der Waals surface area contributed by atoms with Gasteiger partial charge in [-0.15, -0.1) is 0 Å². The third-order valence-corrected chi connectivity index (χ3v) is 8.09. The van der Waals surface area contributed by atoms with E-state index >= 15 is 0 Å². The van der Waals surface area contributed by atoms with E-state index in [9.17, 15) is 14.7 Å². The van der Waals surface area contributed by atoms with Crippen LogP contribution in [0, 0.1) is 0 Å². The van der Waals surface area contributed by atoms with E-state index in [1.54, 1.807) is 0 Å². The monoisotopic (exact) mass is 406 g/mol. The van der Waals surface area contributed by atoms with Gasteiger partial charge in [-0.25, -0.2) is 0 Å². The Morgan fingerprint density at radius 1 is 0.889 bits per heavy atom. The van der Waals surface area contributed by atoms with Gasteiger partial charge in [-0.1, -0.05) is 0 Å². The van der Waals surface area contributed by atoms with Crippen LogP contribution in [0.25, 0.3) is 0 Å². The van der Waals surface area contributed by atoms with Crippen molar-refractivity contribution in [1.29, 1.82) is 0 Å². The summed E-state index contributed by atoms with van der Waals surface area (Å²) >= 11 is -9.40. The first-order valence-electron chi connectivity index (χ1n) is 1.50. The molecule has 0 bridgehead atoms.